The van der Waals surface area contributed by atoms with Crippen LogP contribution in [0.4, 0.5) is 5.69 Å². The molecule has 0 aliphatic heterocycles. The van der Waals surface area contributed by atoms with E-state index < -0.39 is 16.0 Å². The minimum Gasteiger partial charge on any atom is -0.465 e. The van der Waals surface area contributed by atoms with E-state index in [0.29, 0.717) is 11.3 Å². The molecule has 2 heterocycles. The van der Waals surface area contributed by atoms with Crippen molar-refractivity contribution < 1.29 is 17.9 Å². The first-order valence-corrected chi connectivity index (χ1v) is 11.6. The van der Waals surface area contributed by atoms with Gasteiger partial charge in [0, 0.05) is 27.4 Å². The number of carbonyl (C=O) groups is 1. The fourth-order valence-electron chi connectivity index (χ4n) is 2.32. The number of hydrogen-bond donors (Lipinski definition) is 1. The number of nitrogens with one attached hydrogen (secondary N) is 1. The molecule has 148 valence electrons. The molecule has 0 saturated carbocycles. The number of anilines is 1. The molecule has 1 N–H and O–H groups in total. The zero-order valence-corrected chi connectivity index (χ0v) is 18.3. The molecule has 0 saturated heterocycles. The van der Waals surface area contributed by atoms with Crippen LogP contribution in [0.1, 0.15) is 36.8 Å². The van der Waals surface area contributed by atoms with Crippen molar-refractivity contribution in [3.8, 4) is 10.6 Å². The maximum atomic E-state index is 12.7. The van der Waals surface area contributed by atoms with Gasteiger partial charge in [-0.25, -0.2) is 18.2 Å². The molecule has 3 aromatic rings. The molecule has 9 heteroatoms. The highest BCUT2D eigenvalue weighted by molar-refractivity contribution is 7.94. The molecule has 0 fully saturated rings. The fourth-order valence-corrected chi connectivity index (χ4v) is 5.65. The van der Waals surface area contributed by atoms with Crippen LogP contribution in [0.25, 0.3) is 10.6 Å². The van der Waals surface area contributed by atoms with Gasteiger partial charge in [-0.2, -0.15) is 0 Å². The lowest BCUT2D eigenvalue weighted by molar-refractivity contribution is 0.0601. The van der Waals surface area contributed by atoms with Gasteiger partial charge in [-0.3, -0.25) is 4.72 Å². The predicted molar refractivity (Wildman–Crippen MR) is 113 cm³/mol. The minimum absolute atomic E-state index is 0.0579. The topological polar surface area (TPSA) is 85.4 Å². The minimum atomic E-state index is -3.73. The third-order valence-corrected chi connectivity index (χ3v) is 7.63. The molecular formula is C19H20N2O4S3. The van der Waals surface area contributed by atoms with E-state index in [1.165, 1.54) is 42.7 Å². The largest absolute Gasteiger partial charge is 0.465 e. The molecule has 0 aliphatic rings. The number of hydrogen-bond acceptors (Lipinski definition) is 7. The molecule has 6 nitrogen and oxygen atoms in total. The lowest BCUT2D eigenvalue weighted by Crippen LogP contribution is -2.11. The van der Waals surface area contributed by atoms with Crippen LogP contribution in [0.3, 0.4) is 0 Å². The van der Waals surface area contributed by atoms with E-state index in [0.717, 1.165) is 27.6 Å². The number of thiophene rings is 1. The molecule has 2 aromatic heterocycles. The predicted octanol–water partition coefficient (Wildman–Crippen LogP) is 4.76. The van der Waals surface area contributed by atoms with E-state index in [1.54, 1.807) is 11.4 Å². The first kappa shape index (κ1) is 20.5. The molecule has 0 unspecified atom stereocenters. The van der Waals surface area contributed by atoms with Gasteiger partial charge in [-0.05, 0) is 30.3 Å². The summed E-state index contributed by atoms with van der Waals surface area (Å²) in [6.45, 7) is 6.26. The van der Waals surface area contributed by atoms with E-state index in [-0.39, 0.29) is 9.62 Å². The second kappa shape index (κ2) is 7.65. The molecule has 28 heavy (non-hydrogen) atoms. The fraction of sp³-hybridized carbons (Fsp3) is 0.263. The normalized spacial score (nSPS) is 12.0. The van der Waals surface area contributed by atoms with Crippen LogP contribution < -0.4 is 4.72 Å². The average molecular weight is 437 g/mol. The zero-order valence-electron chi connectivity index (χ0n) is 15.8. The summed E-state index contributed by atoms with van der Waals surface area (Å²) >= 11 is 2.64. The summed E-state index contributed by atoms with van der Waals surface area (Å²) in [5, 5.41) is 4.59. The van der Waals surface area contributed by atoms with Gasteiger partial charge < -0.3 is 4.74 Å². The van der Waals surface area contributed by atoms with Gasteiger partial charge in [-0.15, -0.1) is 22.7 Å². The van der Waals surface area contributed by atoms with Gasteiger partial charge in [0.2, 0.25) is 0 Å². The van der Waals surface area contributed by atoms with Gasteiger partial charge in [-0.1, -0.05) is 20.8 Å². The standard InChI is InChI=1S/C19H20N2O4S3/c1-19(2,3)15-11-27-17(20-15)13-9-16(26-10-13)28(23,24)21-14-7-5-12(6-8-14)18(22)25-4/h5-11,21H,1-4H3. The van der Waals surface area contributed by atoms with Crippen LogP contribution in [0.5, 0.6) is 0 Å². The van der Waals surface area contributed by atoms with E-state index >= 15 is 0 Å². The van der Waals surface area contributed by atoms with E-state index in [4.69, 9.17) is 0 Å². The quantitative estimate of drug-likeness (QED) is 0.583. The lowest BCUT2D eigenvalue weighted by Gasteiger charge is -2.14. The summed E-state index contributed by atoms with van der Waals surface area (Å²) in [4.78, 5) is 16.1. The van der Waals surface area contributed by atoms with Crippen molar-refractivity contribution in [2.75, 3.05) is 11.8 Å². The number of ether oxygens (including phenoxy) is 1. The molecule has 0 bridgehead atoms. The van der Waals surface area contributed by atoms with Gasteiger partial charge in [0.15, 0.2) is 0 Å². The van der Waals surface area contributed by atoms with Crippen LogP contribution in [0.15, 0.2) is 45.3 Å². The summed E-state index contributed by atoms with van der Waals surface area (Å²) in [6, 6.07) is 7.69. The second-order valence-corrected chi connectivity index (χ2v) is 10.8. The molecule has 1 aromatic carbocycles. The van der Waals surface area contributed by atoms with E-state index in [9.17, 15) is 13.2 Å². The highest BCUT2D eigenvalue weighted by Gasteiger charge is 2.21. The number of rotatable bonds is 5. The van der Waals surface area contributed by atoms with Gasteiger partial charge >= 0.3 is 5.97 Å². The van der Waals surface area contributed by atoms with Crippen molar-refractivity contribution in [1.29, 1.82) is 0 Å². The van der Waals surface area contributed by atoms with Crippen molar-refractivity contribution in [2.45, 2.75) is 30.4 Å². The van der Waals surface area contributed by atoms with Crippen molar-refractivity contribution in [3.63, 3.8) is 0 Å². The zero-order chi connectivity index (χ0) is 20.5. The van der Waals surface area contributed by atoms with Crippen molar-refractivity contribution in [3.05, 3.63) is 52.3 Å². The Kier molecular flexibility index (Phi) is 5.60. The van der Waals surface area contributed by atoms with Gasteiger partial charge in [0.05, 0.1) is 18.4 Å². The maximum Gasteiger partial charge on any atom is 0.337 e. The number of sulfonamides is 1. The van der Waals surface area contributed by atoms with Crippen LogP contribution >= 0.6 is 22.7 Å². The molecular weight excluding hydrogens is 416 g/mol. The number of thiazole rings is 1. The molecule has 0 aliphatic carbocycles. The second-order valence-electron chi connectivity index (χ2n) is 7.12. The Bertz CT molecular complexity index is 1090. The first-order chi connectivity index (χ1) is 13.1. The lowest BCUT2D eigenvalue weighted by atomic mass is 9.93. The number of carbonyl (C=O) groups excluding carboxylic acids is 1. The van der Waals surface area contributed by atoms with Crippen molar-refractivity contribution >= 4 is 44.4 Å². The smallest absolute Gasteiger partial charge is 0.337 e. The highest BCUT2D eigenvalue weighted by atomic mass is 32.2. The van der Waals surface area contributed by atoms with E-state index in [2.05, 4.69) is 35.2 Å². The Morgan fingerprint density at radius 3 is 2.36 bits per heavy atom. The summed E-state index contributed by atoms with van der Waals surface area (Å²) in [6.07, 6.45) is 0. The summed E-state index contributed by atoms with van der Waals surface area (Å²) in [7, 11) is -2.44. The summed E-state index contributed by atoms with van der Waals surface area (Å²) in [5.41, 5.74) is 2.42. The van der Waals surface area contributed by atoms with Crippen LogP contribution in [-0.4, -0.2) is 26.5 Å². The molecule has 0 atom stereocenters. The number of methoxy groups -OCH3 is 1. The van der Waals surface area contributed by atoms with Gasteiger partial charge in [0.25, 0.3) is 10.0 Å². The number of nitrogens with zero attached hydrogens (tertiary/aromatic N) is 1. The van der Waals surface area contributed by atoms with Crippen molar-refractivity contribution in [2.24, 2.45) is 0 Å². The molecule has 0 amide bonds. The summed E-state index contributed by atoms with van der Waals surface area (Å²) in [5.74, 6) is -0.477. The van der Waals surface area contributed by atoms with Gasteiger partial charge in [0.1, 0.15) is 9.22 Å². The average Bonchev–Trinajstić information content (AvgIpc) is 3.30. The van der Waals surface area contributed by atoms with Crippen molar-refractivity contribution in [1.82, 2.24) is 4.98 Å². The summed E-state index contributed by atoms with van der Waals surface area (Å²) < 4.78 is 32.7. The number of aromatic nitrogens is 1. The van der Waals surface area contributed by atoms with Crippen LogP contribution in [0, 0.1) is 0 Å². The third kappa shape index (κ3) is 4.43. The Labute approximate surface area is 172 Å². The molecule has 0 radical (unpaired) electrons. The SMILES string of the molecule is COC(=O)c1ccc(NS(=O)(=O)c2cc(-c3nc(C(C)(C)C)cs3)cs2)cc1. The monoisotopic (exact) mass is 436 g/mol. The molecule has 0 spiro atoms. The maximum absolute atomic E-state index is 12.7. The first-order valence-electron chi connectivity index (χ1n) is 8.36. The number of esters is 1. The Hall–Kier alpha value is -2.23. The Morgan fingerprint density at radius 1 is 1.11 bits per heavy atom. The van der Waals surface area contributed by atoms with Crippen LogP contribution in [0.2, 0.25) is 0 Å². The number of benzene rings is 1. The Morgan fingerprint density at radius 2 is 1.79 bits per heavy atom. The third-order valence-electron chi connectivity index (χ3n) is 3.92. The van der Waals surface area contributed by atoms with Crippen LogP contribution in [-0.2, 0) is 20.2 Å². The Balaban J connectivity index is 1.80. The van der Waals surface area contributed by atoms with E-state index in [1.807, 2.05) is 5.38 Å². The molecule has 3 rings (SSSR count). The highest BCUT2D eigenvalue weighted by Crippen LogP contribution is 2.34.